The van der Waals surface area contributed by atoms with Gasteiger partial charge in [0.15, 0.2) is 5.84 Å². The van der Waals surface area contributed by atoms with E-state index >= 15 is 0 Å². The number of amidine groups is 1. The van der Waals surface area contributed by atoms with Gasteiger partial charge in [0.25, 0.3) is 0 Å². The largest absolute Gasteiger partial charge is 0.409 e. The summed E-state index contributed by atoms with van der Waals surface area (Å²) in [6, 6.07) is 5.58. The molecule has 0 aliphatic rings. The first-order chi connectivity index (χ1) is 8.63. The third-order valence-corrected chi connectivity index (χ3v) is 3.22. The zero-order chi connectivity index (χ0) is 13.5. The number of benzene rings is 1. The van der Waals surface area contributed by atoms with Crippen LogP contribution in [-0.2, 0) is 0 Å². The molecule has 0 radical (unpaired) electrons. The van der Waals surface area contributed by atoms with Crippen molar-refractivity contribution in [2.45, 2.75) is 13.3 Å². The van der Waals surface area contributed by atoms with Crippen LogP contribution in [0.5, 0.6) is 0 Å². The third kappa shape index (κ3) is 3.61. The summed E-state index contributed by atoms with van der Waals surface area (Å²) in [5.74, 6) is 0.0672. The number of aliphatic hydroxyl groups excluding tert-OH is 1. The molecule has 0 aliphatic heterocycles. The zero-order valence-electron chi connectivity index (χ0n) is 10.3. The average Bonchev–Trinajstić information content (AvgIpc) is 2.37. The SMILES string of the molecule is CCCN(CCO)c1ccc(/C(N)=N/O)c(Br)c1. The standard InChI is InChI=1S/C12H18BrN3O2/c1-2-5-16(6-7-17)9-3-4-10(11(13)8-9)12(14)15-18/h3-4,8,17-18H,2,5-7H2,1H3,(H2,14,15). The Kier molecular flexibility index (Phi) is 5.94. The van der Waals surface area contributed by atoms with Crippen LogP contribution in [0.1, 0.15) is 18.9 Å². The van der Waals surface area contributed by atoms with Crippen molar-refractivity contribution < 1.29 is 10.3 Å². The summed E-state index contributed by atoms with van der Waals surface area (Å²) < 4.78 is 0.759. The Labute approximate surface area is 115 Å². The lowest BCUT2D eigenvalue weighted by Crippen LogP contribution is -2.27. The van der Waals surface area contributed by atoms with Gasteiger partial charge in [-0.1, -0.05) is 12.1 Å². The molecule has 1 rings (SSSR count). The van der Waals surface area contributed by atoms with E-state index in [9.17, 15) is 0 Å². The van der Waals surface area contributed by atoms with Crippen molar-refractivity contribution in [2.75, 3.05) is 24.6 Å². The molecule has 0 amide bonds. The quantitative estimate of drug-likeness (QED) is 0.323. The summed E-state index contributed by atoms with van der Waals surface area (Å²) in [6.45, 7) is 3.66. The van der Waals surface area contributed by atoms with Gasteiger partial charge in [-0.2, -0.15) is 0 Å². The molecule has 0 aromatic heterocycles. The van der Waals surface area contributed by atoms with Crippen LogP contribution < -0.4 is 10.6 Å². The van der Waals surface area contributed by atoms with Gasteiger partial charge in [0.2, 0.25) is 0 Å². The van der Waals surface area contributed by atoms with Crippen LogP contribution in [-0.4, -0.2) is 35.8 Å². The van der Waals surface area contributed by atoms with E-state index in [-0.39, 0.29) is 12.4 Å². The van der Waals surface area contributed by atoms with Crippen LogP contribution in [0.15, 0.2) is 27.8 Å². The second kappa shape index (κ2) is 7.23. The van der Waals surface area contributed by atoms with Crippen molar-refractivity contribution in [3.63, 3.8) is 0 Å². The first-order valence-corrected chi connectivity index (χ1v) is 6.56. The monoisotopic (exact) mass is 315 g/mol. The molecule has 1 aromatic rings. The van der Waals surface area contributed by atoms with E-state index in [0.29, 0.717) is 12.1 Å². The fourth-order valence-electron chi connectivity index (χ4n) is 1.72. The molecule has 18 heavy (non-hydrogen) atoms. The summed E-state index contributed by atoms with van der Waals surface area (Å²) in [7, 11) is 0. The minimum absolute atomic E-state index is 0.0672. The lowest BCUT2D eigenvalue weighted by atomic mass is 10.1. The Hall–Kier alpha value is -1.27. The molecule has 0 saturated carbocycles. The van der Waals surface area contributed by atoms with Gasteiger partial charge < -0.3 is 20.9 Å². The first-order valence-electron chi connectivity index (χ1n) is 5.77. The van der Waals surface area contributed by atoms with Crippen molar-refractivity contribution in [2.24, 2.45) is 10.9 Å². The number of nitrogens with zero attached hydrogens (tertiary/aromatic N) is 2. The first kappa shape index (κ1) is 14.8. The van der Waals surface area contributed by atoms with Crippen molar-refractivity contribution in [3.8, 4) is 0 Å². The highest BCUT2D eigenvalue weighted by atomic mass is 79.9. The number of nitrogens with two attached hydrogens (primary N) is 1. The van der Waals surface area contributed by atoms with E-state index in [4.69, 9.17) is 16.0 Å². The molecule has 1 aromatic carbocycles. The highest BCUT2D eigenvalue weighted by molar-refractivity contribution is 9.10. The average molecular weight is 316 g/mol. The van der Waals surface area contributed by atoms with Crippen LogP contribution >= 0.6 is 15.9 Å². The van der Waals surface area contributed by atoms with E-state index in [0.717, 1.165) is 23.1 Å². The van der Waals surface area contributed by atoms with Crippen LogP contribution in [0.4, 0.5) is 5.69 Å². The Bertz CT molecular complexity index is 418. The van der Waals surface area contributed by atoms with Gasteiger partial charge in [-0.3, -0.25) is 0 Å². The fourth-order valence-corrected chi connectivity index (χ4v) is 2.29. The molecule has 6 heteroatoms. The van der Waals surface area contributed by atoms with Crippen molar-refractivity contribution in [3.05, 3.63) is 28.2 Å². The molecule has 0 fully saturated rings. The summed E-state index contributed by atoms with van der Waals surface area (Å²) >= 11 is 3.40. The van der Waals surface area contributed by atoms with Crippen LogP contribution in [0.25, 0.3) is 0 Å². The number of halogens is 1. The summed E-state index contributed by atoms with van der Waals surface area (Å²) in [6.07, 6.45) is 1.000. The molecular weight excluding hydrogens is 298 g/mol. The molecule has 0 heterocycles. The number of hydrogen-bond donors (Lipinski definition) is 3. The maximum atomic E-state index is 9.05. The molecule has 4 N–H and O–H groups in total. The van der Waals surface area contributed by atoms with Crippen molar-refractivity contribution >= 4 is 27.5 Å². The molecule has 0 atom stereocenters. The molecule has 0 aliphatic carbocycles. The van der Waals surface area contributed by atoms with Gasteiger partial charge in [0, 0.05) is 28.8 Å². The van der Waals surface area contributed by atoms with Crippen LogP contribution in [0.2, 0.25) is 0 Å². The minimum atomic E-state index is 0.0672. The Morgan fingerprint density at radius 1 is 1.44 bits per heavy atom. The third-order valence-electron chi connectivity index (χ3n) is 2.56. The highest BCUT2D eigenvalue weighted by Crippen LogP contribution is 2.24. The lowest BCUT2D eigenvalue weighted by molar-refractivity contribution is 0.302. The van der Waals surface area contributed by atoms with E-state index in [2.05, 4.69) is 32.9 Å². The van der Waals surface area contributed by atoms with Gasteiger partial charge in [0.05, 0.1) is 6.61 Å². The summed E-state index contributed by atoms with van der Waals surface area (Å²) in [5, 5.41) is 20.7. The van der Waals surface area contributed by atoms with Crippen molar-refractivity contribution in [1.82, 2.24) is 0 Å². The number of aliphatic hydroxyl groups is 1. The predicted molar refractivity (Wildman–Crippen MR) is 76.2 cm³/mol. The Morgan fingerprint density at radius 2 is 2.17 bits per heavy atom. The predicted octanol–water partition coefficient (Wildman–Crippen LogP) is 1.75. The van der Waals surface area contributed by atoms with E-state index in [1.54, 1.807) is 6.07 Å². The molecule has 0 saturated heterocycles. The minimum Gasteiger partial charge on any atom is -0.409 e. The van der Waals surface area contributed by atoms with Gasteiger partial charge in [-0.05, 0) is 40.5 Å². The van der Waals surface area contributed by atoms with Crippen LogP contribution in [0, 0.1) is 0 Å². The summed E-state index contributed by atoms with van der Waals surface area (Å²) in [5.41, 5.74) is 7.19. The second-order valence-electron chi connectivity index (χ2n) is 3.86. The lowest BCUT2D eigenvalue weighted by Gasteiger charge is -2.24. The van der Waals surface area contributed by atoms with Gasteiger partial charge in [-0.15, -0.1) is 0 Å². The van der Waals surface area contributed by atoms with Crippen molar-refractivity contribution in [1.29, 1.82) is 0 Å². The molecule has 100 valence electrons. The molecule has 0 spiro atoms. The second-order valence-corrected chi connectivity index (χ2v) is 4.71. The zero-order valence-corrected chi connectivity index (χ0v) is 11.9. The highest BCUT2D eigenvalue weighted by Gasteiger charge is 2.10. The van der Waals surface area contributed by atoms with Gasteiger partial charge in [-0.25, -0.2) is 0 Å². The van der Waals surface area contributed by atoms with Crippen LogP contribution in [0.3, 0.4) is 0 Å². The number of anilines is 1. The number of oxime groups is 1. The molecule has 0 unspecified atom stereocenters. The smallest absolute Gasteiger partial charge is 0.171 e. The summed E-state index contributed by atoms with van der Waals surface area (Å²) in [4.78, 5) is 2.08. The fraction of sp³-hybridized carbons (Fsp3) is 0.417. The Balaban J connectivity index is 3.01. The molecule has 5 nitrogen and oxygen atoms in total. The number of hydrogen-bond acceptors (Lipinski definition) is 4. The number of rotatable bonds is 6. The van der Waals surface area contributed by atoms with Gasteiger partial charge >= 0.3 is 0 Å². The molecular formula is C12H18BrN3O2. The van der Waals surface area contributed by atoms with E-state index in [1.165, 1.54) is 0 Å². The van der Waals surface area contributed by atoms with E-state index < -0.39 is 0 Å². The topological polar surface area (TPSA) is 82.1 Å². The molecule has 0 bridgehead atoms. The van der Waals surface area contributed by atoms with E-state index in [1.807, 2.05) is 12.1 Å². The normalized spacial score (nSPS) is 11.6. The Morgan fingerprint density at radius 3 is 2.67 bits per heavy atom. The maximum Gasteiger partial charge on any atom is 0.171 e. The van der Waals surface area contributed by atoms with Gasteiger partial charge in [0.1, 0.15) is 0 Å². The maximum absolute atomic E-state index is 9.05.